The number of aromatic nitrogens is 2. The second kappa shape index (κ2) is 4.05. The summed E-state index contributed by atoms with van der Waals surface area (Å²) in [6.45, 7) is 0. The van der Waals surface area contributed by atoms with Crippen LogP contribution in [0.25, 0.3) is 0 Å². The number of H-pyrrole nitrogens is 1. The van der Waals surface area contributed by atoms with Gasteiger partial charge in [-0.25, -0.2) is 4.39 Å². The van der Waals surface area contributed by atoms with E-state index in [1.807, 2.05) is 12.1 Å². The Morgan fingerprint density at radius 1 is 1.21 bits per heavy atom. The zero-order chi connectivity index (χ0) is 9.80. The number of benzene rings is 1. The zero-order valence-electron chi connectivity index (χ0n) is 7.70. The highest BCUT2D eigenvalue weighted by Gasteiger charge is 1.97. The molecule has 1 aromatic heterocycles. The Labute approximate surface area is 81.8 Å². The Hall–Kier alpha value is -1.64. The first-order valence-corrected chi connectivity index (χ1v) is 4.57. The summed E-state index contributed by atoms with van der Waals surface area (Å²) < 4.78 is 12.8. The summed E-state index contributed by atoms with van der Waals surface area (Å²) in [6, 6.07) is 8.62. The largest absolute Gasteiger partial charge is 0.283 e. The maximum absolute atomic E-state index is 12.8. The summed E-state index contributed by atoms with van der Waals surface area (Å²) in [5, 5.41) is 6.73. The third kappa shape index (κ3) is 2.19. The van der Waals surface area contributed by atoms with Gasteiger partial charge in [-0.1, -0.05) is 12.1 Å². The third-order valence-electron chi connectivity index (χ3n) is 2.13. The maximum Gasteiger partial charge on any atom is 0.123 e. The van der Waals surface area contributed by atoms with E-state index in [1.165, 1.54) is 6.07 Å². The topological polar surface area (TPSA) is 28.7 Å². The van der Waals surface area contributed by atoms with Crippen molar-refractivity contribution in [2.75, 3.05) is 0 Å². The number of aromatic amines is 1. The number of hydrogen-bond donors (Lipinski definition) is 1. The summed E-state index contributed by atoms with van der Waals surface area (Å²) in [6.07, 6.45) is 3.42. The second-order valence-corrected chi connectivity index (χ2v) is 3.21. The van der Waals surface area contributed by atoms with Crippen LogP contribution in [0.5, 0.6) is 0 Å². The van der Waals surface area contributed by atoms with Crippen LogP contribution in [0, 0.1) is 5.82 Å². The number of hydrogen-bond acceptors (Lipinski definition) is 1. The zero-order valence-corrected chi connectivity index (χ0v) is 7.70. The van der Waals surface area contributed by atoms with E-state index in [9.17, 15) is 4.39 Å². The molecule has 0 aliphatic heterocycles. The molecule has 0 bridgehead atoms. The minimum atomic E-state index is -0.174. The minimum absolute atomic E-state index is 0.174. The van der Waals surface area contributed by atoms with Gasteiger partial charge in [0.2, 0.25) is 0 Å². The first-order chi connectivity index (χ1) is 6.84. The molecule has 14 heavy (non-hydrogen) atoms. The van der Waals surface area contributed by atoms with Crippen molar-refractivity contribution in [3.63, 3.8) is 0 Å². The lowest BCUT2D eigenvalue weighted by Crippen LogP contribution is -1.92. The van der Waals surface area contributed by atoms with Crippen LogP contribution < -0.4 is 0 Å². The SMILES string of the molecule is Fc1cccc(CCc2ccn[nH]2)c1. The lowest BCUT2D eigenvalue weighted by molar-refractivity contribution is 0.625. The Bertz CT molecular complexity index is 395. The van der Waals surface area contributed by atoms with Crippen molar-refractivity contribution in [1.29, 1.82) is 0 Å². The third-order valence-corrected chi connectivity index (χ3v) is 2.13. The highest BCUT2D eigenvalue weighted by molar-refractivity contribution is 5.17. The van der Waals surface area contributed by atoms with E-state index in [-0.39, 0.29) is 5.82 Å². The predicted octanol–water partition coefficient (Wildman–Crippen LogP) is 2.33. The molecule has 0 fully saturated rings. The number of aryl methyl sites for hydroxylation is 2. The lowest BCUT2D eigenvalue weighted by Gasteiger charge is -1.99. The van der Waals surface area contributed by atoms with Gasteiger partial charge in [-0.3, -0.25) is 5.10 Å². The van der Waals surface area contributed by atoms with Gasteiger partial charge in [0.25, 0.3) is 0 Å². The lowest BCUT2D eigenvalue weighted by atomic mass is 10.1. The molecule has 0 unspecified atom stereocenters. The fraction of sp³-hybridized carbons (Fsp3) is 0.182. The Balaban J connectivity index is 1.98. The average molecular weight is 190 g/mol. The first kappa shape index (κ1) is 8.94. The maximum atomic E-state index is 12.8. The van der Waals surface area contributed by atoms with Gasteiger partial charge >= 0.3 is 0 Å². The number of nitrogens with zero attached hydrogens (tertiary/aromatic N) is 1. The van der Waals surface area contributed by atoms with E-state index in [2.05, 4.69) is 10.2 Å². The molecule has 0 saturated carbocycles. The molecule has 2 nitrogen and oxygen atoms in total. The standard InChI is InChI=1S/C11H11FN2/c12-10-3-1-2-9(8-10)4-5-11-6-7-13-14-11/h1-3,6-8H,4-5H2,(H,13,14). The Morgan fingerprint density at radius 2 is 2.14 bits per heavy atom. The van der Waals surface area contributed by atoms with Crippen molar-refractivity contribution in [1.82, 2.24) is 10.2 Å². The van der Waals surface area contributed by atoms with Crippen molar-refractivity contribution in [2.45, 2.75) is 12.8 Å². The summed E-state index contributed by atoms with van der Waals surface area (Å²) in [5.74, 6) is -0.174. The predicted molar refractivity (Wildman–Crippen MR) is 52.4 cm³/mol. The van der Waals surface area contributed by atoms with Crippen molar-refractivity contribution < 1.29 is 4.39 Å². The van der Waals surface area contributed by atoms with Gasteiger partial charge in [-0.15, -0.1) is 0 Å². The van der Waals surface area contributed by atoms with Crippen LogP contribution in [0.2, 0.25) is 0 Å². The van der Waals surface area contributed by atoms with E-state index in [0.717, 1.165) is 24.1 Å². The van der Waals surface area contributed by atoms with Crippen LogP contribution >= 0.6 is 0 Å². The quantitative estimate of drug-likeness (QED) is 0.790. The van der Waals surface area contributed by atoms with E-state index in [0.29, 0.717) is 0 Å². The molecule has 0 aliphatic carbocycles. The smallest absolute Gasteiger partial charge is 0.123 e. The van der Waals surface area contributed by atoms with Crippen LogP contribution in [0.15, 0.2) is 36.5 Å². The van der Waals surface area contributed by atoms with Crippen LogP contribution in [0.3, 0.4) is 0 Å². The van der Waals surface area contributed by atoms with Gasteiger partial charge in [0.05, 0.1) is 0 Å². The molecule has 0 aliphatic rings. The molecule has 0 spiro atoms. The van der Waals surface area contributed by atoms with Gasteiger partial charge in [-0.05, 0) is 36.6 Å². The van der Waals surface area contributed by atoms with Gasteiger partial charge in [0, 0.05) is 11.9 Å². The van der Waals surface area contributed by atoms with E-state index in [4.69, 9.17) is 0 Å². The van der Waals surface area contributed by atoms with Gasteiger partial charge < -0.3 is 0 Å². The highest BCUT2D eigenvalue weighted by Crippen LogP contribution is 2.07. The monoisotopic (exact) mass is 190 g/mol. The molecule has 3 heteroatoms. The number of halogens is 1. The van der Waals surface area contributed by atoms with Crippen molar-refractivity contribution in [3.8, 4) is 0 Å². The molecule has 0 saturated heterocycles. The number of rotatable bonds is 3. The molecule has 1 heterocycles. The Kier molecular flexibility index (Phi) is 2.58. The van der Waals surface area contributed by atoms with Crippen LogP contribution in [-0.2, 0) is 12.8 Å². The van der Waals surface area contributed by atoms with Crippen molar-refractivity contribution >= 4 is 0 Å². The summed E-state index contributed by atoms with van der Waals surface area (Å²) in [7, 11) is 0. The fourth-order valence-corrected chi connectivity index (χ4v) is 1.40. The molecule has 1 aromatic carbocycles. The first-order valence-electron chi connectivity index (χ1n) is 4.57. The normalized spacial score (nSPS) is 10.4. The summed E-state index contributed by atoms with van der Waals surface area (Å²) >= 11 is 0. The molecule has 0 radical (unpaired) electrons. The van der Waals surface area contributed by atoms with E-state index >= 15 is 0 Å². The van der Waals surface area contributed by atoms with Crippen LogP contribution in [0.4, 0.5) is 4.39 Å². The van der Waals surface area contributed by atoms with Crippen LogP contribution in [-0.4, -0.2) is 10.2 Å². The molecule has 72 valence electrons. The van der Waals surface area contributed by atoms with Crippen LogP contribution in [0.1, 0.15) is 11.3 Å². The second-order valence-electron chi connectivity index (χ2n) is 3.21. The molecule has 1 N–H and O–H groups in total. The minimum Gasteiger partial charge on any atom is -0.283 e. The van der Waals surface area contributed by atoms with Crippen molar-refractivity contribution in [3.05, 3.63) is 53.6 Å². The average Bonchev–Trinajstić information content (AvgIpc) is 2.67. The van der Waals surface area contributed by atoms with Crippen molar-refractivity contribution in [2.24, 2.45) is 0 Å². The molecular weight excluding hydrogens is 179 g/mol. The van der Waals surface area contributed by atoms with Gasteiger partial charge in [0.15, 0.2) is 0 Å². The molecule has 2 aromatic rings. The molecule has 0 atom stereocenters. The highest BCUT2D eigenvalue weighted by atomic mass is 19.1. The van der Waals surface area contributed by atoms with Gasteiger partial charge in [-0.2, -0.15) is 5.10 Å². The molecular formula is C11H11FN2. The summed E-state index contributed by atoms with van der Waals surface area (Å²) in [5.41, 5.74) is 2.09. The Morgan fingerprint density at radius 3 is 2.86 bits per heavy atom. The van der Waals surface area contributed by atoms with E-state index < -0.39 is 0 Å². The summed E-state index contributed by atoms with van der Waals surface area (Å²) in [4.78, 5) is 0. The number of nitrogens with one attached hydrogen (secondary N) is 1. The van der Waals surface area contributed by atoms with Gasteiger partial charge in [0.1, 0.15) is 5.82 Å². The van der Waals surface area contributed by atoms with E-state index in [1.54, 1.807) is 18.3 Å². The molecule has 0 amide bonds. The fourth-order valence-electron chi connectivity index (χ4n) is 1.40. The molecule has 2 rings (SSSR count).